The first-order valence-electron chi connectivity index (χ1n) is 7.40. The van der Waals surface area contributed by atoms with E-state index in [1.165, 1.54) is 0 Å². The number of aliphatic hydroxyl groups excluding tert-OH is 3. The molecule has 0 fully saturated rings. The van der Waals surface area contributed by atoms with Gasteiger partial charge in [-0.05, 0) is 0 Å². The summed E-state index contributed by atoms with van der Waals surface area (Å²) in [5, 5.41) is 28.7. The Bertz CT molecular complexity index is 357. The Morgan fingerprint density at radius 2 is 1.50 bits per heavy atom. The molecule has 9 heteroatoms. The van der Waals surface area contributed by atoms with Gasteiger partial charge < -0.3 is 0 Å². The van der Waals surface area contributed by atoms with E-state index < -0.39 is 52.0 Å². The molecule has 0 spiro atoms. The average molecular weight is 402 g/mol. The van der Waals surface area contributed by atoms with Gasteiger partial charge in [-0.15, -0.1) is 0 Å². The topological polar surface area (TPSA) is 159 Å². The molecule has 8 nitrogen and oxygen atoms in total. The maximum atomic E-state index is 10.9. The van der Waals surface area contributed by atoms with E-state index >= 15 is 0 Å². The van der Waals surface area contributed by atoms with Crippen LogP contribution in [-0.2, 0) is 28.3 Å². The molecule has 0 saturated carbocycles. The second kappa shape index (κ2) is 9.64. The van der Waals surface area contributed by atoms with Gasteiger partial charge in [0, 0.05) is 0 Å². The molecule has 0 bridgehead atoms. The van der Waals surface area contributed by atoms with Crippen molar-refractivity contribution in [2.45, 2.75) is 75.8 Å². The number of hydrogen-bond acceptors (Lipinski definition) is 7. The SMILES string of the molecule is CC(O)CC(N)(CCO)C(N)(CC(C)O)CC(C)[O][Zr](=[O])[OH]. The van der Waals surface area contributed by atoms with Crippen molar-refractivity contribution in [2.24, 2.45) is 11.5 Å². The summed E-state index contributed by atoms with van der Waals surface area (Å²) in [6, 6.07) is 0. The maximum absolute atomic E-state index is 10.9. The van der Waals surface area contributed by atoms with Crippen LogP contribution in [0.5, 0.6) is 0 Å². The molecule has 0 rings (SSSR count). The summed E-state index contributed by atoms with van der Waals surface area (Å²) < 4.78 is 24.9. The minimum absolute atomic E-state index is 0.118. The Kier molecular flexibility index (Phi) is 9.82. The van der Waals surface area contributed by atoms with E-state index in [1.807, 2.05) is 0 Å². The fraction of sp³-hybridized carbons (Fsp3) is 1.00. The molecule has 132 valence electrons. The van der Waals surface area contributed by atoms with Crippen LogP contribution in [-0.4, -0.2) is 54.5 Å². The zero-order valence-electron chi connectivity index (χ0n) is 13.5. The molecule has 0 saturated heterocycles. The van der Waals surface area contributed by atoms with Crippen molar-refractivity contribution in [3.05, 3.63) is 0 Å². The zero-order chi connectivity index (χ0) is 17.6. The van der Waals surface area contributed by atoms with Crippen LogP contribution in [0, 0.1) is 0 Å². The summed E-state index contributed by atoms with van der Waals surface area (Å²) in [6.45, 7) is 4.52. The Morgan fingerprint density at radius 1 is 1.05 bits per heavy atom. The molecule has 0 aromatic rings. The molecule has 0 radical (unpaired) electrons. The first-order chi connectivity index (χ1) is 9.95. The van der Waals surface area contributed by atoms with E-state index in [-0.39, 0.29) is 32.3 Å². The summed E-state index contributed by atoms with van der Waals surface area (Å²) in [5.41, 5.74) is 10.5. The normalized spacial score (nSPS) is 21.5. The van der Waals surface area contributed by atoms with Crippen LogP contribution in [0.1, 0.15) is 46.5 Å². The van der Waals surface area contributed by atoms with Crippen molar-refractivity contribution >= 4 is 0 Å². The van der Waals surface area contributed by atoms with Crippen LogP contribution >= 0.6 is 0 Å². The van der Waals surface area contributed by atoms with Gasteiger partial charge in [0.15, 0.2) is 0 Å². The third-order valence-corrected chi connectivity index (χ3v) is 5.31. The van der Waals surface area contributed by atoms with E-state index in [2.05, 4.69) is 0 Å². The molecule has 5 atom stereocenters. The first kappa shape index (κ1) is 22.4. The van der Waals surface area contributed by atoms with Crippen LogP contribution < -0.4 is 11.5 Å². The minimum atomic E-state index is -3.99. The van der Waals surface area contributed by atoms with E-state index in [0.29, 0.717) is 0 Å². The zero-order valence-corrected chi connectivity index (χ0v) is 16.0. The standard InChI is InChI=1S/C13H29N2O4.H2O.O.Zr/c1-9(17)6-12(14,4-5-16)13(15,7-10(2)18)8-11(3)19;;;/h9-11,16-18H,4-8,14-15H2,1-3H3;1H2;;/q-1;;;+2/p-1. The quantitative estimate of drug-likeness (QED) is 0.254. The molecule has 22 heavy (non-hydrogen) atoms. The Morgan fingerprint density at radius 3 is 1.86 bits per heavy atom. The van der Waals surface area contributed by atoms with Gasteiger partial charge in [-0.2, -0.15) is 0 Å². The summed E-state index contributed by atoms with van der Waals surface area (Å²) in [4.78, 5) is 0. The van der Waals surface area contributed by atoms with Gasteiger partial charge >= 0.3 is 141 Å². The molecule has 0 aromatic carbocycles. The molecule has 0 aliphatic heterocycles. The van der Waals surface area contributed by atoms with Gasteiger partial charge in [0.05, 0.1) is 0 Å². The van der Waals surface area contributed by atoms with Crippen molar-refractivity contribution in [1.29, 1.82) is 0 Å². The Hall–Kier alpha value is 0.403. The van der Waals surface area contributed by atoms with Gasteiger partial charge in [0.2, 0.25) is 0 Å². The molecular formula is C13H30N2O6Zr. The predicted octanol–water partition coefficient (Wildman–Crippen LogP) is -1.11. The van der Waals surface area contributed by atoms with Crippen molar-refractivity contribution in [3.8, 4) is 0 Å². The summed E-state index contributed by atoms with van der Waals surface area (Å²) in [5.74, 6) is 0. The summed E-state index contributed by atoms with van der Waals surface area (Å²) >= 11 is -3.99. The second-order valence-electron chi connectivity index (χ2n) is 6.29. The molecule has 0 heterocycles. The number of hydrogen-bond donors (Lipinski definition) is 6. The van der Waals surface area contributed by atoms with E-state index in [0.717, 1.165) is 0 Å². The molecule has 5 unspecified atom stereocenters. The van der Waals surface area contributed by atoms with Gasteiger partial charge in [0.25, 0.3) is 0 Å². The molecule has 0 aliphatic carbocycles. The van der Waals surface area contributed by atoms with Crippen molar-refractivity contribution in [2.75, 3.05) is 6.61 Å². The van der Waals surface area contributed by atoms with Crippen molar-refractivity contribution in [3.63, 3.8) is 0 Å². The molecule has 0 aromatic heterocycles. The van der Waals surface area contributed by atoms with Gasteiger partial charge in [-0.3, -0.25) is 0 Å². The van der Waals surface area contributed by atoms with E-state index in [9.17, 15) is 18.1 Å². The van der Waals surface area contributed by atoms with Crippen LogP contribution in [0.4, 0.5) is 0 Å². The molecule has 8 N–H and O–H groups in total. The Labute approximate surface area is 140 Å². The third-order valence-electron chi connectivity index (χ3n) is 3.82. The van der Waals surface area contributed by atoms with Crippen LogP contribution in [0.25, 0.3) is 0 Å². The molecular weight excluding hydrogens is 371 g/mol. The predicted molar refractivity (Wildman–Crippen MR) is 76.2 cm³/mol. The van der Waals surface area contributed by atoms with Crippen LogP contribution in [0.3, 0.4) is 0 Å². The third kappa shape index (κ3) is 7.32. The van der Waals surface area contributed by atoms with E-state index in [1.54, 1.807) is 20.8 Å². The van der Waals surface area contributed by atoms with E-state index in [4.69, 9.17) is 17.5 Å². The van der Waals surface area contributed by atoms with Crippen LogP contribution in [0.15, 0.2) is 0 Å². The molecule has 0 amide bonds. The van der Waals surface area contributed by atoms with Crippen LogP contribution in [0.2, 0.25) is 0 Å². The number of rotatable bonds is 11. The second-order valence-corrected chi connectivity index (χ2v) is 8.18. The van der Waals surface area contributed by atoms with Gasteiger partial charge in [-0.1, -0.05) is 0 Å². The van der Waals surface area contributed by atoms with Crippen molar-refractivity contribution in [1.82, 2.24) is 0 Å². The molecule has 0 aliphatic rings. The van der Waals surface area contributed by atoms with Crippen molar-refractivity contribution < 1.29 is 46.8 Å². The number of aliphatic hydroxyl groups is 3. The fourth-order valence-electron chi connectivity index (χ4n) is 3.02. The van der Waals surface area contributed by atoms with Gasteiger partial charge in [-0.25, -0.2) is 0 Å². The van der Waals surface area contributed by atoms with Gasteiger partial charge in [0.1, 0.15) is 0 Å². The Balaban J connectivity index is 5.45. The number of nitrogens with two attached hydrogens (primary N) is 2. The summed E-state index contributed by atoms with van der Waals surface area (Å²) in [6.07, 6.45) is -1.60. The average Bonchev–Trinajstić information content (AvgIpc) is 2.24. The summed E-state index contributed by atoms with van der Waals surface area (Å²) in [7, 11) is 0. The fourth-order valence-corrected chi connectivity index (χ4v) is 4.08. The monoisotopic (exact) mass is 400 g/mol. The first-order valence-corrected chi connectivity index (χ1v) is 10.5.